The maximum atomic E-state index is 13.0. The van der Waals surface area contributed by atoms with Crippen molar-refractivity contribution in [2.24, 2.45) is 0 Å². The minimum Gasteiger partial charge on any atom is -0.390 e. The molecule has 1 atom stereocenters. The van der Waals surface area contributed by atoms with Crippen molar-refractivity contribution >= 4 is 0 Å². The van der Waals surface area contributed by atoms with Gasteiger partial charge in [-0.05, 0) is 37.0 Å². The largest absolute Gasteiger partial charge is 0.390 e. The van der Waals surface area contributed by atoms with Gasteiger partial charge in [0.05, 0.1) is 11.7 Å². The highest BCUT2D eigenvalue weighted by Crippen LogP contribution is 2.39. The molecular weight excluding hydrogens is 226 g/mol. The summed E-state index contributed by atoms with van der Waals surface area (Å²) in [5.74, 6) is -1.75. The Hall–Kier alpha value is -1.00. The number of ether oxygens (including phenoxy) is 1. The predicted octanol–water partition coefficient (Wildman–Crippen LogP) is 2.44. The molecule has 1 saturated carbocycles. The van der Waals surface area contributed by atoms with Gasteiger partial charge in [-0.3, -0.25) is 0 Å². The van der Waals surface area contributed by atoms with Crippen LogP contribution in [0, 0.1) is 11.6 Å². The first kappa shape index (κ1) is 12.5. The molecule has 0 amide bonds. The third kappa shape index (κ3) is 2.33. The van der Waals surface area contributed by atoms with Crippen LogP contribution in [0.4, 0.5) is 8.78 Å². The van der Waals surface area contributed by atoms with E-state index in [4.69, 9.17) is 4.74 Å². The van der Waals surface area contributed by atoms with E-state index in [1.54, 1.807) is 7.11 Å². The molecule has 1 N–H and O–H groups in total. The molecule has 2 rings (SSSR count). The van der Waals surface area contributed by atoms with Crippen molar-refractivity contribution < 1.29 is 18.6 Å². The third-order valence-electron chi connectivity index (χ3n) is 3.63. The molecule has 1 aromatic carbocycles. The molecule has 94 valence electrons. The van der Waals surface area contributed by atoms with Gasteiger partial charge < -0.3 is 9.84 Å². The number of halogens is 2. The molecule has 1 fully saturated rings. The number of aliphatic hydroxyl groups is 1. The summed E-state index contributed by atoms with van der Waals surface area (Å²) in [5, 5.41) is 10.1. The topological polar surface area (TPSA) is 29.5 Å². The molecule has 0 spiro atoms. The summed E-state index contributed by atoms with van der Waals surface area (Å²) in [4.78, 5) is 0. The maximum absolute atomic E-state index is 13.0. The molecule has 1 aromatic rings. The highest BCUT2D eigenvalue weighted by molar-refractivity contribution is 5.19. The number of aliphatic hydroxyl groups excluding tert-OH is 1. The molecule has 1 unspecified atom stereocenters. The minimum atomic E-state index is -0.880. The zero-order valence-corrected chi connectivity index (χ0v) is 9.75. The van der Waals surface area contributed by atoms with Crippen molar-refractivity contribution in [2.45, 2.75) is 37.4 Å². The van der Waals surface area contributed by atoms with E-state index in [9.17, 15) is 13.9 Å². The fourth-order valence-electron chi connectivity index (χ4n) is 2.27. The molecule has 0 bridgehead atoms. The average molecular weight is 242 g/mol. The van der Waals surface area contributed by atoms with Crippen LogP contribution in [0.3, 0.4) is 0 Å². The second-order valence-corrected chi connectivity index (χ2v) is 4.59. The molecule has 0 saturated heterocycles. The van der Waals surface area contributed by atoms with E-state index in [1.807, 2.05) is 0 Å². The van der Waals surface area contributed by atoms with E-state index in [2.05, 4.69) is 0 Å². The summed E-state index contributed by atoms with van der Waals surface area (Å²) in [6.07, 6.45) is 2.27. The van der Waals surface area contributed by atoms with Gasteiger partial charge in [-0.1, -0.05) is 6.07 Å². The Morgan fingerprint density at radius 2 is 2.06 bits per heavy atom. The Kier molecular flexibility index (Phi) is 3.45. The number of hydrogen-bond acceptors (Lipinski definition) is 2. The van der Waals surface area contributed by atoms with Crippen LogP contribution in [-0.2, 0) is 11.2 Å². The third-order valence-corrected chi connectivity index (χ3v) is 3.63. The average Bonchev–Trinajstić information content (AvgIpc) is 2.23. The van der Waals surface area contributed by atoms with E-state index in [1.165, 1.54) is 6.07 Å². The van der Waals surface area contributed by atoms with Gasteiger partial charge in [0, 0.05) is 13.5 Å². The fraction of sp³-hybridized carbons (Fsp3) is 0.538. The lowest BCUT2D eigenvalue weighted by Crippen LogP contribution is -2.50. The van der Waals surface area contributed by atoms with Crippen LogP contribution < -0.4 is 0 Å². The first-order chi connectivity index (χ1) is 8.07. The van der Waals surface area contributed by atoms with Crippen LogP contribution >= 0.6 is 0 Å². The standard InChI is InChI=1S/C13H16F2O2/c1-17-13(5-2-6-13)12(16)8-9-3-4-10(14)11(15)7-9/h3-4,7,12,16H,2,5-6,8H2,1H3. The summed E-state index contributed by atoms with van der Waals surface area (Å²) < 4.78 is 31.1. The summed E-state index contributed by atoms with van der Waals surface area (Å²) in [5.41, 5.74) is 0.0879. The van der Waals surface area contributed by atoms with Crippen LogP contribution in [0.5, 0.6) is 0 Å². The Labute approximate surface area is 99.2 Å². The summed E-state index contributed by atoms with van der Waals surface area (Å²) in [6, 6.07) is 3.70. The van der Waals surface area contributed by atoms with Gasteiger partial charge in [-0.25, -0.2) is 8.78 Å². The quantitative estimate of drug-likeness (QED) is 0.878. The van der Waals surface area contributed by atoms with Crippen LogP contribution in [0.15, 0.2) is 18.2 Å². The van der Waals surface area contributed by atoms with Crippen LogP contribution in [0.2, 0.25) is 0 Å². The highest BCUT2D eigenvalue weighted by atomic mass is 19.2. The van der Waals surface area contributed by atoms with Gasteiger partial charge in [0.1, 0.15) is 0 Å². The van der Waals surface area contributed by atoms with Crippen molar-refractivity contribution in [2.75, 3.05) is 7.11 Å². The van der Waals surface area contributed by atoms with Crippen LogP contribution in [0.1, 0.15) is 24.8 Å². The zero-order valence-electron chi connectivity index (χ0n) is 9.75. The number of methoxy groups -OCH3 is 1. The molecule has 1 aliphatic carbocycles. The zero-order chi connectivity index (χ0) is 12.5. The number of hydrogen-bond donors (Lipinski definition) is 1. The van der Waals surface area contributed by atoms with E-state index < -0.39 is 23.3 Å². The van der Waals surface area contributed by atoms with Crippen LogP contribution in [-0.4, -0.2) is 23.9 Å². The second kappa shape index (κ2) is 4.70. The van der Waals surface area contributed by atoms with Crippen molar-refractivity contribution in [3.63, 3.8) is 0 Å². The lowest BCUT2D eigenvalue weighted by Gasteiger charge is -2.44. The summed E-state index contributed by atoms with van der Waals surface area (Å²) in [7, 11) is 1.58. The molecule has 0 radical (unpaired) electrons. The Morgan fingerprint density at radius 3 is 2.53 bits per heavy atom. The smallest absolute Gasteiger partial charge is 0.159 e. The normalized spacial score (nSPS) is 19.8. The van der Waals surface area contributed by atoms with Gasteiger partial charge in [-0.15, -0.1) is 0 Å². The SMILES string of the molecule is COC1(C(O)Cc2ccc(F)c(F)c2)CCC1. The minimum absolute atomic E-state index is 0.283. The first-order valence-electron chi connectivity index (χ1n) is 5.74. The number of rotatable bonds is 4. The maximum Gasteiger partial charge on any atom is 0.159 e. The Bertz CT molecular complexity index is 397. The van der Waals surface area contributed by atoms with Gasteiger partial charge >= 0.3 is 0 Å². The van der Waals surface area contributed by atoms with Gasteiger partial charge in [0.25, 0.3) is 0 Å². The van der Waals surface area contributed by atoms with Crippen molar-refractivity contribution in [3.05, 3.63) is 35.4 Å². The van der Waals surface area contributed by atoms with Crippen LogP contribution in [0.25, 0.3) is 0 Å². The van der Waals surface area contributed by atoms with Crippen molar-refractivity contribution in [1.82, 2.24) is 0 Å². The number of benzene rings is 1. The Balaban J connectivity index is 2.07. The van der Waals surface area contributed by atoms with E-state index in [0.717, 1.165) is 31.4 Å². The fourth-order valence-corrected chi connectivity index (χ4v) is 2.27. The van der Waals surface area contributed by atoms with Gasteiger partial charge in [0.2, 0.25) is 0 Å². The van der Waals surface area contributed by atoms with Crippen molar-refractivity contribution in [1.29, 1.82) is 0 Å². The predicted molar refractivity (Wildman–Crippen MR) is 59.7 cm³/mol. The van der Waals surface area contributed by atoms with E-state index >= 15 is 0 Å². The second-order valence-electron chi connectivity index (χ2n) is 4.59. The van der Waals surface area contributed by atoms with Gasteiger partial charge in [0.15, 0.2) is 11.6 Å². The molecular formula is C13H16F2O2. The van der Waals surface area contributed by atoms with Crippen molar-refractivity contribution in [3.8, 4) is 0 Å². The molecule has 17 heavy (non-hydrogen) atoms. The molecule has 4 heteroatoms. The highest BCUT2D eigenvalue weighted by Gasteiger charge is 2.43. The van der Waals surface area contributed by atoms with E-state index in [-0.39, 0.29) is 6.42 Å². The summed E-state index contributed by atoms with van der Waals surface area (Å²) >= 11 is 0. The molecule has 1 aliphatic rings. The monoisotopic (exact) mass is 242 g/mol. The first-order valence-corrected chi connectivity index (χ1v) is 5.74. The molecule has 2 nitrogen and oxygen atoms in total. The summed E-state index contributed by atoms with van der Waals surface area (Å²) in [6.45, 7) is 0. The molecule has 0 aromatic heterocycles. The van der Waals surface area contributed by atoms with E-state index in [0.29, 0.717) is 5.56 Å². The van der Waals surface area contributed by atoms with Gasteiger partial charge in [-0.2, -0.15) is 0 Å². The molecule has 0 aliphatic heterocycles. The molecule has 0 heterocycles. The Morgan fingerprint density at radius 1 is 1.35 bits per heavy atom. The lowest BCUT2D eigenvalue weighted by molar-refractivity contribution is -0.148. The lowest BCUT2D eigenvalue weighted by atomic mass is 9.74.